The molecule has 1 amide bonds. The maximum absolute atomic E-state index is 12.1. The van der Waals surface area contributed by atoms with Crippen LogP contribution in [0.5, 0.6) is 0 Å². The molecule has 3 N–H and O–H groups in total. The van der Waals surface area contributed by atoms with Gasteiger partial charge in [0.05, 0.1) is 17.4 Å². The molecule has 0 bridgehead atoms. The lowest BCUT2D eigenvalue weighted by Gasteiger charge is -2.06. The van der Waals surface area contributed by atoms with Crippen LogP contribution in [-0.4, -0.2) is 15.7 Å². The molecule has 6 heteroatoms. The van der Waals surface area contributed by atoms with Gasteiger partial charge in [0.1, 0.15) is 0 Å². The highest BCUT2D eigenvalue weighted by atomic mass is 79.9. The summed E-state index contributed by atoms with van der Waals surface area (Å²) in [5, 5.41) is 6.94. The van der Waals surface area contributed by atoms with Gasteiger partial charge in [0.25, 0.3) is 5.91 Å². The van der Waals surface area contributed by atoms with Crippen LogP contribution in [0.15, 0.2) is 35.1 Å². The Morgan fingerprint density at radius 1 is 1.47 bits per heavy atom. The number of aromatic nitrogens is 2. The fourth-order valence-electron chi connectivity index (χ4n) is 1.61. The second-order valence-corrected chi connectivity index (χ2v) is 5.40. The topological polar surface area (TPSA) is 72.9 Å². The number of carbonyl (C=O) groups excluding carboxylic acids is 1. The summed E-state index contributed by atoms with van der Waals surface area (Å²) in [6.07, 6.45) is 3.41. The molecule has 2 rings (SSSR count). The first kappa shape index (κ1) is 13.6. The number of rotatable bonds is 3. The standard InChI is InChI=1S/C13H15BrN4O/c1-8(2)18-7-10(6-16-18)17-13(19)11-5-9(14)3-4-12(11)15/h3-8H,15H2,1-2H3,(H,17,19). The molecule has 1 aromatic carbocycles. The zero-order chi connectivity index (χ0) is 14.0. The molecule has 5 nitrogen and oxygen atoms in total. The number of hydrogen-bond donors (Lipinski definition) is 2. The van der Waals surface area contributed by atoms with E-state index in [1.54, 1.807) is 35.3 Å². The van der Waals surface area contributed by atoms with E-state index in [0.29, 0.717) is 16.9 Å². The van der Waals surface area contributed by atoms with Gasteiger partial charge in [-0.25, -0.2) is 0 Å². The van der Waals surface area contributed by atoms with Crippen molar-refractivity contribution in [3.63, 3.8) is 0 Å². The average molecular weight is 323 g/mol. The van der Waals surface area contributed by atoms with Crippen molar-refractivity contribution in [2.75, 3.05) is 11.1 Å². The van der Waals surface area contributed by atoms with Crippen molar-refractivity contribution in [2.24, 2.45) is 0 Å². The molecule has 0 saturated heterocycles. The molecular weight excluding hydrogens is 308 g/mol. The highest BCUT2D eigenvalue weighted by molar-refractivity contribution is 9.10. The predicted molar refractivity (Wildman–Crippen MR) is 79.1 cm³/mol. The van der Waals surface area contributed by atoms with Crippen molar-refractivity contribution in [2.45, 2.75) is 19.9 Å². The van der Waals surface area contributed by atoms with Gasteiger partial charge in [-0.1, -0.05) is 15.9 Å². The van der Waals surface area contributed by atoms with Crippen LogP contribution >= 0.6 is 15.9 Å². The lowest BCUT2D eigenvalue weighted by molar-refractivity contribution is 0.102. The number of amides is 1. The second-order valence-electron chi connectivity index (χ2n) is 4.49. The first-order valence-corrected chi connectivity index (χ1v) is 6.67. The minimum atomic E-state index is -0.248. The summed E-state index contributed by atoms with van der Waals surface area (Å²) < 4.78 is 2.59. The zero-order valence-corrected chi connectivity index (χ0v) is 12.3. The molecule has 0 aliphatic rings. The molecule has 0 radical (unpaired) electrons. The Morgan fingerprint density at radius 2 is 2.21 bits per heavy atom. The molecule has 1 aromatic heterocycles. The fraction of sp³-hybridized carbons (Fsp3) is 0.231. The Hall–Kier alpha value is -1.82. The van der Waals surface area contributed by atoms with Gasteiger partial charge in [0.2, 0.25) is 0 Å². The number of nitrogens with zero attached hydrogens (tertiary/aromatic N) is 2. The predicted octanol–water partition coefficient (Wildman–Crippen LogP) is 3.06. The molecule has 1 heterocycles. The van der Waals surface area contributed by atoms with Crippen molar-refractivity contribution < 1.29 is 4.79 Å². The third-order valence-corrected chi connectivity index (χ3v) is 3.14. The summed E-state index contributed by atoms with van der Waals surface area (Å²) in [7, 11) is 0. The van der Waals surface area contributed by atoms with Crippen molar-refractivity contribution in [1.82, 2.24) is 9.78 Å². The summed E-state index contributed by atoms with van der Waals surface area (Å²) in [5.74, 6) is -0.248. The van der Waals surface area contributed by atoms with Crippen molar-refractivity contribution in [1.29, 1.82) is 0 Å². The van der Waals surface area contributed by atoms with Gasteiger partial charge in [0.15, 0.2) is 0 Å². The van der Waals surface area contributed by atoms with E-state index >= 15 is 0 Å². The number of anilines is 2. The van der Waals surface area contributed by atoms with Gasteiger partial charge < -0.3 is 11.1 Å². The molecule has 0 unspecified atom stereocenters. The Balaban J connectivity index is 2.18. The first-order valence-electron chi connectivity index (χ1n) is 5.88. The molecule has 100 valence electrons. The quantitative estimate of drug-likeness (QED) is 0.853. The maximum atomic E-state index is 12.1. The lowest BCUT2D eigenvalue weighted by Crippen LogP contribution is -2.13. The van der Waals surface area contributed by atoms with Crippen LogP contribution in [0.3, 0.4) is 0 Å². The van der Waals surface area contributed by atoms with E-state index in [9.17, 15) is 4.79 Å². The van der Waals surface area contributed by atoms with Gasteiger partial charge in [-0.3, -0.25) is 9.48 Å². The van der Waals surface area contributed by atoms with E-state index in [2.05, 4.69) is 26.3 Å². The van der Waals surface area contributed by atoms with Crippen LogP contribution in [0.2, 0.25) is 0 Å². The van der Waals surface area contributed by atoms with Crippen LogP contribution in [-0.2, 0) is 0 Å². The van der Waals surface area contributed by atoms with E-state index in [1.165, 1.54) is 0 Å². The smallest absolute Gasteiger partial charge is 0.257 e. The van der Waals surface area contributed by atoms with Crippen LogP contribution in [0.1, 0.15) is 30.2 Å². The number of nitrogen functional groups attached to an aromatic ring is 1. The number of benzene rings is 1. The van der Waals surface area contributed by atoms with Crippen LogP contribution in [0.4, 0.5) is 11.4 Å². The summed E-state index contributed by atoms with van der Waals surface area (Å²) in [5.41, 5.74) is 7.32. The Morgan fingerprint density at radius 3 is 2.84 bits per heavy atom. The molecule has 0 aliphatic carbocycles. The minimum Gasteiger partial charge on any atom is -0.398 e. The molecule has 19 heavy (non-hydrogen) atoms. The van der Waals surface area contributed by atoms with Crippen LogP contribution < -0.4 is 11.1 Å². The van der Waals surface area contributed by atoms with Gasteiger partial charge in [-0.05, 0) is 32.0 Å². The Bertz CT molecular complexity index is 606. The summed E-state index contributed by atoms with van der Waals surface area (Å²) in [4.78, 5) is 12.1. The van der Waals surface area contributed by atoms with Crippen molar-refractivity contribution in [3.8, 4) is 0 Å². The average Bonchev–Trinajstić information content (AvgIpc) is 2.80. The zero-order valence-electron chi connectivity index (χ0n) is 10.7. The van der Waals surface area contributed by atoms with E-state index in [0.717, 1.165) is 4.47 Å². The van der Waals surface area contributed by atoms with E-state index in [4.69, 9.17) is 5.73 Å². The van der Waals surface area contributed by atoms with Gasteiger partial charge in [0, 0.05) is 22.4 Å². The van der Waals surface area contributed by atoms with E-state index < -0.39 is 0 Å². The second kappa shape index (κ2) is 5.44. The highest BCUT2D eigenvalue weighted by Gasteiger charge is 2.12. The van der Waals surface area contributed by atoms with Crippen LogP contribution in [0.25, 0.3) is 0 Å². The first-order chi connectivity index (χ1) is 8.97. The number of nitrogens with one attached hydrogen (secondary N) is 1. The number of carbonyl (C=O) groups is 1. The summed E-state index contributed by atoms with van der Waals surface area (Å²) in [6, 6.07) is 5.43. The largest absolute Gasteiger partial charge is 0.398 e. The monoisotopic (exact) mass is 322 g/mol. The Labute approximate surface area is 119 Å². The van der Waals surface area contributed by atoms with Gasteiger partial charge in [-0.2, -0.15) is 5.10 Å². The molecule has 2 aromatic rings. The third-order valence-electron chi connectivity index (χ3n) is 2.65. The number of hydrogen-bond acceptors (Lipinski definition) is 3. The highest BCUT2D eigenvalue weighted by Crippen LogP contribution is 2.20. The molecule has 0 spiro atoms. The van der Waals surface area contributed by atoms with Crippen LogP contribution in [0, 0.1) is 0 Å². The molecule has 0 aliphatic heterocycles. The lowest BCUT2D eigenvalue weighted by atomic mass is 10.1. The SMILES string of the molecule is CC(C)n1cc(NC(=O)c2cc(Br)ccc2N)cn1. The maximum Gasteiger partial charge on any atom is 0.257 e. The summed E-state index contributed by atoms with van der Waals surface area (Å²) in [6.45, 7) is 4.04. The number of halogens is 1. The Kier molecular flexibility index (Phi) is 3.90. The fourth-order valence-corrected chi connectivity index (χ4v) is 1.97. The normalized spacial score (nSPS) is 10.7. The van der Waals surface area contributed by atoms with Crippen molar-refractivity contribution in [3.05, 3.63) is 40.6 Å². The van der Waals surface area contributed by atoms with E-state index in [1.807, 2.05) is 13.8 Å². The van der Waals surface area contributed by atoms with Gasteiger partial charge in [-0.15, -0.1) is 0 Å². The van der Waals surface area contributed by atoms with Crippen molar-refractivity contribution >= 4 is 33.2 Å². The summed E-state index contributed by atoms with van der Waals surface area (Å²) >= 11 is 3.32. The van der Waals surface area contributed by atoms with Gasteiger partial charge >= 0.3 is 0 Å². The van der Waals surface area contributed by atoms with E-state index in [-0.39, 0.29) is 11.9 Å². The molecule has 0 fully saturated rings. The molecular formula is C13H15BrN4O. The number of nitrogens with two attached hydrogens (primary N) is 1. The molecule has 0 saturated carbocycles. The minimum absolute atomic E-state index is 0.248. The molecule has 0 atom stereocenters. The third kappa shape index (κ3) is 3.14.